The Morgan fingerprint density at radius 2 is 2.00 bits per heavy atom. The van der Waals surface area contributed by atoms with Crippen LogP contribution in [0, 0.1) is 0 Å². The van der Waals surface area contributed by atoms with Gasteiger partial charge in [-0.2, -0.15) is 0 Å². The summed E-state index contributed by atoms with van der Waals surface area (Å²) in [4.78, 5) is 39.9. The summed E-state index contributed by atoms with van der Waals surface area (Å²) >= 11 is 1.40. The third-order valence-electron chi connectivity index (χ3n) is 5.09. The summed E-state index contributed by atoms with van der Waals surface area (Å²) in [5.74, 6) is -0.162. The van der Waals surface area contributed by atoms with E-state index in [1.807, 2.05) is 47.4 Å². The van der Waals surface area contributed by atoms with Crippen molar-refractivity contribution in [1.29, 1.82) is 0 Å². The molecule has 0 spiro atoms. The molecule has 3 amide bonds. The van der Waals surface area contributed by atoms with Crippen LogP contribution in [0.5, 0.6) is 0 Å². The van der Waals surface area contributed by atoms with E-state index in [9.17, 15) is 14.4 Å². The second kappa shape index (κ2) is 9.17. The highest BCUT2D eigenvalue weighted by molar-refractivity contribution is 8.04. The maximum Gasteiger partial charge on any atom is 0.262 e. The Bertz CT molecular complexity index is 1000. The zero-order valence-electron chi connectivity index (χ0n) is 16.5. The standard InChI is InChI=1S/C23H23N3O3S/c27-21-8-4-12-26(21)13-5-11-24-22(28)17-9-10-19-18(15-17)25-23(29)20(30-19)14-16-6-2-1-3-7-16/h1-3,6-7,9-10,14-15H,4-5,8,11-13H2,(H,24,28)(H,25,29). The molecule has 0 saturated carbocycles. The van der Waals surface area contributed by atoms with E-state index in [2.05, 4.69) is 10.6 Å². The molecule has 6 nitrogen and oxygen atoms in total. The molecule has 7 heteroatoms. The minimum Gasteiger partial charge on any atom is -0.352 e. The molecule has 0 radical (unpaired) electrons. The van der Waals surface area contributed by atoms with E-state index in [0.29, 0.717) is 35.7 Å². The van der Waals surface area contributed by atoms with Crippen LogP contribution in [0.3, 0.4) is 0 Å². The number of nitrogens with one attached hydrogen (secondary N) is 2. The van der Waals surface area contributed by atoms with Crippen LogP contribution in [0.4, 0.5) is 5.69 Å². The summed E-state index contributed by atoms with van der Waals surface area (Å²) in [6, 6.07) is 15.0. The van der Waals surface area contributed by atoms with E-state index in [1.165, 1.54) is 11.8 Å². The van der Waals surface area contributed by atoms with Crippen LogP contribution in [-0.2, 0) is 9.59 Å². The molecule has 2 heterocycles. The molecule has 1 saturated heterocycles. The smallest absolute Gasteiger partial charge is 0.262 e. The third kappa shape index (κ3) is 4.74. The van der Waals surface area contributed by atoms with Crippen LogP contribution in [0.15, 0.2) is 58.3 Å². The second-order valence-corrected chi connectivity index (χ2v) is 8.36. The Labute approximate surface area is 179 Å². The van der Waals surface area contributed by atoms with Crippen molar-refractivity contribution in [2.45, 2.75) is 24.2 Å². The number of fused-ring (bicyclic) bond motifs is 1. The van der Waals surface area contributed by atoms with Crippen molar-refractivity contribution in [3.63, 3.8) is 0 Å². The minimum absolute atomic E-state index is 0.177. The Kier molecular flexibility index (Phi) is 6.18. The van der Waals surface area contributed by atoms with Gasteiger partial charge < -0.3 is 15.5 Å². The van der Waals surface area contributed by atoms with Gasteiger partial charge in [0.2, 0.25) is 5.91 Å². The number of rotatable bonds is 6. The van der Waals surface area contributed by atoms with Crippen molar-refractivity contribution < 1.29 is 14.4 Å². The number of hydrogen-bond donors (Lipinski definition) is 2. The largest absolute Gasteiger partial charge is 0.352 e. The summed E-state index contributed by atoms with van der Waals surface area (Å²) in [7, 11) is 0. The van der Waals surface area contributed by atoms with Gasteiger partial charge in [-0.05, 0) is 42.7 Å². The highest BCUT2D eigenvalue weighted by Crippen LogP contribution is 2.39. The topological polar surface area (TPSA) is 78.5 Å². The molecular formula is C23H23N3O3S. The normalized spacial score (nSPS) is 17.1. The van der Waals surface area contributed by atoms with Crippen molar-refractivity contribution in [2.24, 2.45) is 0 Å². The van der Waals surface area contributed by atoms with Crippen molar-refractivity contribution in [2.75, 3.05) is 25.0 Å². The zero-order valence-corrected chi connectivity index (χ0v) is 17.3. The molecule has 0 atom stereocenters. The monoisotopic (exact) mass is 421 g/mol. The zero-order chi connectivity index (χ0) is 20.9. The molecule has 1 fully saturated rings. The Hall–Kier alpha value is -3.06. The van der Waals surface area contributed by atoms with Crippen LogP contribution in [0.2, 0.25) is 0 Å². The highest BCUT2D eigenvalue weighted by Gasteiger charge is 2.22. The maximum absolute atomic E-state index is 12.5. The number of amides is 3. The summed E-state index contributed by atoms with van der Waals surface area (Å²) in [5, 5.41) is 5.77. The molecule has 0 aromatic heterocycles. The Morgan fingerprint density at radius 1 is 1.17 bits per heavy atom. The Balaban J connectivity index is 1.35. The van der Waals surface area contributed by atoms with E-state index in [1.54, 1.807) is 12.1 Å². The molecule has 4 rings (SSSR count). The number of anilines is 1. The molecule has 2 aliphatic rings. The van der Waals surface area contributed by atoms with E-state index in [-0.39, 0.29) is 17.7 Å². The first-order valence-electron chi connectivity index (χ1n) is 10.1. The molecule has 154 valence electrons. The van der Waals surface area contributed by atoms with Gasteiger partial charge in [-0.1, -0.05) is 42.1 Å². The van der Waals surface area contributed by atoms with Gasteiger partial charge >= 0.3 is 0 Å². The lowest BCUT2D eigenvalue weighted by atomic mass is 10.1. The molecule has 2 aliphatic heterocycles. The lowest BCUT2D eigenvalue weighted by Crippen LogP contribution is -2.30. The number of carbonyl (C=O) groups is 3. The van der Waals surface area contributed by atoms with Crippen molar-refractivity contribution in [3.05, 3.63) is 64.6 Å². The fourth-order valence-electron chi connectivity index (χ4n) is 3.52. The number of nitrogens with zero attached hydrogens (tertiary/aromatic N) is 1. The van der Waals surface area contributed by atoms with Gasteiger partial charge in [0, 0.05) is 36.5 Å². The van der Waals surface area contributed by atoms with Gasteiger partial charge in [0.15, 0.2) is 0 Å². The molecule has 0 bridgehead atoms. The van der Waals surface area contributed by atoms with E-state index in [0.717, 1.165) is 29.8 Å². The molecule has 30 heavy (non-hydrogen) atoms. The van der Waals surface area contributed by atoms with Crippen molar-refractivity contribution in [3.8, 4) is 0 Å². The van der Waals surface area contributed by atoms with Gasteiger partial charge in [0.1, 0.15) is 0 Å². The van der Waals surface area contributed by atoms with Crippen LogP contribution in [0.1, 0.15) is 35.2 Å². The van der Waals surface area contributed by atoms with Crippen LogP contribution < -0.4 is 10.6 Å². The molecule has 2 N–H and O–H groups in total. The van der Waals surface area contributed by atoms with Crippen LogP contribution >= 0.6 is 11.8 Å². The van der Waals surface area contributed by atoms with Gasteiger partial charge in [0.05, 0.1) is 10.6 Å². The summed E-state index contributed by atoms with van der Waals surface area (Å²) in [6.07, 6.45) is 4.14. The lowest BCUT2D eigenvalue weighted by Gasteiger charge is -2.19. The highest BCUT2D eigenvalue weighted by atomic mass is 32.2. The van der Waals surface area contributed by atoms with E-state index in [4.69, 9.17) is 0 Å². The van der Waals surface area contributed by atoms with Crippen LogP contribution in [-0.4, -0.2) is 42.3 Å². The minimum atomic E-state index is -0.185. The van der Waals surface area contributed by atoms with Gasteiger partial charge in [0.25, 0.3) is 11.8 Å². The second-order valence-electron chi connectivity index (χ2n) is 7.28. The summed E-state index contributed by atoms with van der Waals surface area (Å²) in [5.41, 5.74) is 2.11. The number of thioether (sulfide) groups is 1. The summed E-state index contributed by atoms with van der Waals surface area (Å²) in [6.45, 7) is 1.99. The van der Waals surface area contributed by atoms with Crippen LogP contribution in [0.25, 0.3) is 6.08 Å². The SMILES string of the molecule is O=C1Nc2cc(C(=O)NCCCN3CCCC3=O)ccc2SC1=Cc1ccccc1. The predicted octanol–water partition coefficient (Wildman–Crippen LogP) is 3.51. The predicted molar refractivity (Wildman–Crippen MR) is 118 cm³/mol. The Morgan fingerprint density at radius 3 is 2.77 bits per heavy atom. The average molecular weight is 422 g/mol. The molecule has 0 unspecified atom stereocenters. The molecule has 2 aromatic rings. The van der Waals surface area contributed by atoms with E-state index >= 15 is 0 Å². The van der Waals surface area contributed by atoms with Gasteiger partial charge in [-0.3, -0.25) is 14.4 Å². The first-order valence-corrected chi connectivity index (χ1v) is 10.9. The number of carbonyl (C=O) groups excluding carboxylic acids is 3. The maximum atomic E-state index is 12.5. The summed E-state index contributed by atoms with van der Waals surface area (Å²) < 4.78 is 0. The quantitative estimate of drug-likeness (QED) is 0.553. The van der Waals surface area contributed by atoms with Gasteiger partial charge in [-0.25, -0.2) is 0 Å². The fraction of sp³-hybridized carbons (Fsp3) is 0.261. The number of benzene rings is 2. The first-order chi connectivity index (χ1) is 14.6. The number of likely N-dealkylation sites (tertiary alicyclic amines) is 1. The molecule has 0 aliphatic carbocycles. The third-order valence-corrected chi connectivity index (χ3v) is 6.19. The molecule has 2 aromatic carbocycles. The first kappa shape index (κ1) is 20.2. The van der Waals surface area contributed by atoms with Crippen molar-refractivity contribution >= 4 is 41.2 Å². The molecular weight excluding hydrogens is 398 g/mol. The average Bonchev–Trinajstić information content (AvgIpc) is 3.16. The van der Waals surface area contributed by atoms with Crippen molar-refractivity contribution in [1.82, 2.24) is 10.2 Å². The fourth-order valence-corrected chi connectivity index (χ4v) is 4.45. The lowest BCUT2D eigenvalue weighted by molar-refractivity contribution is -0.127. The van der Waals surface area contributed by atoms with Gasteiger partial charge in [-0.15, -0.1) is 0 Å². The van der Waals surface area contributed by atoms with E-state index < -0.39 is 0 Å². The number of hydrogen-bond acceptors (Lipinski definition) is 4.